The molecule has 1 unspecified atom stereocenters. The lowest BCUT2D eigenvalue weighted by molar-refractivity contribution is -0.161. The third-order valence-electron chi connectivity index (χ3n) is 12.1. The lowest BCUT2D eigenvalue weighted by Crippen LogP contribution is -2.28. The van der Waals surface area contributed by atoms with Gasteiger partial charge in [-0.25, -0.2) is 0 Å². The predicted molar refractivity (Wildman–Crippen MR) is 297 cm³/mol. The van der Waals surface area contributed by atoms with Gasteiger partial charge in [0, 0.05) is 12.8 Å². The van der Waals surface area contributed by atoms with Crippen LogP contribution in [-0.2, 0) is 19.1 Å². The second kappa shape index (κ2) is 57.9. The first kappa shape index (κ1) is 64.6. The maximum atomic E-state index is 12.3. The molecule has 1 atom stereocenters. The molecular weight excluding hydrogens is 837 g/mol. The Hall–Kier alpha value is -3.44. The van der Waals surface area contributed by atoms with Gasteiger partial charge in [0.05, 0.1) is 6.61 Å². The van der Waals surface area contributed by atoms with Crippen molar-refractivity contribution in [3.8, 4) is 0 Å². The fraction of sp³-hybridized carbons (Fsp3) is 0.683. The first-order valence-corrected chi connectivity index (χ1v) is 28.4. The highest BCUT2D eigenvalue weighted by Crippen LogP contribution is 2.15. The molecule has 0 aromatic rings. The highest BCUT2D eigenvalue weighted by molar-refractivity contribution is 5.70. The van der Waals surface area contributed by atoms with Gasteiger partial charge in [0.25, 0.3) is 0 Å². The summed E-state index contributed by atoms with van der Waals surface area (Å²) in [6, 6.07) is 0. The third kappa shape index (κ3) is 55.2. The van der Waals surface area contributed by atoms with Gasteiger partial charge in [0.2, 0.25) is 0 Å². The van der Waals surface area contributed by atoms with Gasteiger partial charge in [-0.2, -0.15) is 0 Å². The molecule has 0 radical (unpaired) electrons. The number of unbranched alkanes of at least 4 members (excludes halogenated alkanes) is 25. The standard InChI is InChI=1S/C63H106O5/c1-3-5-7-9-11-13-15-17-19-21-23-25-26-27-28-29-30-31-32-33-34-35-36-38-40-42-44-46-48-50-52-54-56-58-63(66)68-61(59-64)60-67-62(65)57-55-53-51-49-47-45-43-41-39-37-24-22-20-18-16-14-12-10-8-6-4-2/h5,7,11,13,16-19,22-25,27-28,30-31,39,41,61,64H,3-4,6,8-10,12,14-15,20-21,26,29,32-38,40,42-60H2,1-2H3/b7-5-,13-11-,18-16-,19-17-,24-22-,25-23-,28-27-,31-30-,41-39-. The quantitative estimate of drug-likeness (QED) is 0.0374. The Labute approximate surface area is 421 Å². The van der Waals surface area contributed by atoms with E-state index < -0.39 is 6.10 Å². The summed E-state index contributed by atoms with van der Waals surface area (Å²) in [6.07, 6.45) is 83.4. The van der Waals surface area contributed by atoms with E-state index >= 15 is 0 Å². The van der Waals surface area contributed by atoms with Crippen molar-refractivity contribution in [3.63, 3.8) is 0 Å². The summed E-state index contributed by atoms with van der Waals surface area (Å²) >= 11 is 0. The minimum absolute atomic E-state index is 0.0770. The molecule has 0 aliphatic rings. The van der Waals surface area contributed by atoms with Crippen LogP contribution in [0.5, 0.6) is 0 Å². The molecular formula is C63H106O5. The number of carbonyl (C=O) groups excluding carboxylic acids is 2. The summed E-state index contributed by atoms with van der Waals surface area (Å²) in [6.45, 7) is 4.01. The number of ether oxygens (including phenoxy) is 2. The van der Waals surface area contributed by atoms with Crippen LogP contribution >= 0.6 is 0 Å². The average molecular weight is 944 g/mol. The third-order valence-corrected chi connectivity index (χ3v) is 12.1. The van der Waals surface area contributed by atoms with E-state index in [9.17, 15) is 14.7 Å². The van der Waals surface area contributed by atoms with Crippen molar-refractivity contribution in [3.05, 3.63) is 109 Å². The van der Waals surface area contributed by atoms with E-state index in [1.165, 1.54) is 135 Å². The molecule has 0 aliphatic carbocycles. The molecule has 0 rings (SSSR count). The molecule has 0 fully saturated rings. The fourth-order valence-corrected chi connectivity index (χ4v) is 7.80. The normalized spacial score (nSPS) is 13.0. The molecule has 0 heterocycles. The Kier molecular flexibility index (Phi) is 54.9. The topological polar surface area (TPSA) is 72.8 Å². The van der Waals surface area contributed by atoms with E-state index in [0.717, 1.165) is 96.3 Å². The Balaban J connectivity index is 3.53. The number of esters is 2. The van der Waals surface area contributed by atoms with Crippen LogP contribution in [-0.4, -0.2) is 36.4 Å². The van der Waals surface area contributed by atoms with Gasteiger partial charge >= 0.3 is 11.9 Å². The van der Waals surface area contributed by atoms with Gasteiger partial charge in [-0.3, -0.25) is 9.59 Å². The zero-order valence-corrected chi connectivity index (χ0v) is 44.3. The maximum Gasteiger partial charge on any atom is 0.306 e. The molecule has 0 aliphatic heterocycles. The van der Waals surface area contributed by atoms with Gasteiger partial charge in [0.1, 0.15) is 6.61 Å². The van der Waals surface area contributed by atoms with Crippen molar-refractivity contribution >= 4 is 11.9 Å². The summed E-state index contributed by atoms with van der Waals surface area (Å²) in [7, 11) is 0. The van der Waals surface area contributed by atoms with Crippen LogP contribution in [0.2, 0.25) is 0 Å². The van der Waals surface area contributed by atoms with Crippen LogP contribution in [0.1, 0.15) is 258 Å². The van der Waals surface area contributed by atoms with Crippen molar-refractivity contribution in [2.75, 3.05) is 13.2 Å². The van der Waals surface area contributed by atoms with E-state index in [-0.39, 0.29) is 25.2 Å². The molecule has 5 heteroatoms. The van der Waals surface area contributed by atoms with Gasteiger partial charge in [0.15, 0.2) is 6.10 Å². The molecule has 388 valence electrons. The first-order valence-electron chi connectivity index (χ1n) is 28.4. The molecule has 0 spiro atoms. The van der Waals surface area contributed by atoms with Crippen molar-refractivity contribution in [2.24, 2.45) is 0 Å². The predicted octanol–water partition coefficient (Wildman–Crippen LogP) is 19.3. The SMILES string of the molecule is CC/C=C\C/C=C\C/C=C\C/C=C\C/C=C\C/C=C\CCCCCCCCCCCCCCCCC(=O)OC(CO)COC(=O)CCCCCCCC/C=C\C/C=C\C/C=C\CCCCCCC. The van der Waals surface area contributed by atoms with E-state index in [1.54, 1.807) is 0 Å². The van der Waals surface area contributed by atoms with Crippen molar-refractivity contribution < 1.29 is 24.2 Å². The second-order valence-corrected chi connectivity index (χ2v) is 18.6. The van der Waals surface area contributed by atoms with Gasteiger partial charge in [-0.15, -0.1) is 0 Å². The smallest absolute Gasteiger partial charge is 0.306 e. The van der Waals surface area contributed by atoms with E-state index in [2.05, 4.69) is 123 Å². The number of hydrogen-bond donors (Lipinski definition) is 1. The number of allylic oxidation sites excluding steroid dienone is 18. The fourth-order valence-electron chi connectivity index (χ4n) is 7.80. The summed E-state index contributed by atoms with van der Waals surface area (Å²) in [5.41, 5.74) is 0. The molecule has 68 heavy (non-hydrogen) atoms. The summed E-state index contributed by atoms with van der Waals surface area (Å²) in [4.78, 5) is 24.5. The molecule has 1 N–H and O–H groups in total. The Morgan fingerprint density at radius 1 is 0.353 bits per heavy atom. The summed E-state index contributed by atoms with van der Waals surface area (Å²) in [5, 5.41) is 9.65. The number of rotatable bonds is 51. The Morgan fingerprint density at radius 3 is 0.956 bits per heavy atom. The van der Waals surface area contributed by atoms with Gasteiger partial charge < -0.3 is 14.6 Å². The average Bonchev–Trinajstić information content (AvgIpc) is 3.34. The van der Waals surface area contributed by atoms with E-state index in [1.807, 2.05) is 0 Å². The van der Waals surface area contributed by atoms with Crippen LogP contribution in [0.25, 0.3) is 0 Å². The van der Waals surface area contributed by atoms with Crippen molar-refractivity contribution in [1.82, 2.24) is 0 Å². The first-order chi connectivity index (χ1) is 33.6. The van der Waals surface area contributed by atoms with E-state index in [0.29, 0.717) is 12.8 Å². The molecule has 0 amide bonds. The number of aliphatic hydroxyl groups excluding tert-OH is 1. The monoisotopic (exact) mass is 943 g/mol. The van der Waals surface area contributed by atoms with Crippen LogP contribution in [0.4, 0.5) is 0 Å². The highest BCUT2D eigenvalue weighted by Gasteiger charge is 2.16. The Bertz CT molecular complexity index is 1340. The molecule has 0 saturated carbocycles. The number of carbonyl (C=O) groups is 2. The highest BCUT2D eigenvalue weighted by atomic mass is 16.6. The minimum Gasteiger partial charge on any atom is -0.462 e. The molecule has 0 aromatic carbocycles. The van der Waals surface area contributed by atoms with Crippen molar-refractivity contribution in [2.45, 2.75) is 264 Å². The minimum atomic E-state index is -0.785. The lowest BCUT2D eigenvalue weighted by atomic mass is 10.0. The number of hydrogen-bond acceptors (Lipinski definition) is 5. The molecule has 5 nitrogen and oxygen atoms in total. The van der Waals surface area contributed by atoms with Crippen LogP contribution < -0.4 is 0 Å². The Morgan fingerprint density at radius 2 is 0.632 bits per heavy atom. The van der Waals surface area contributed by atoms with Crippen LogP contribution in [0.3, 0.4) is 0 Å². The number of aliphatic hydroxyl groups is 1. The molecule has 0 bridgehead atoms. The maximum absolute atomic E-state index is 12.3. The van der Waals surface area contributed by atoms with Crippen LogP contribution in [0.15, 0.2) is 109 Å². The largest absolute Gasteiger partial charge is 0.462 e. The summed E-state index contributed by atoms with van der Waals surface area (Å²) in [5.74, 6) is -0.606. The second-order valence-electron chi connectivity index (χ2n) is 18.6. The zero-order valence-electron chi connectivity index (χ0n) is 44.3. The molecule has 0 aromatic heterocycles. The van der Waals surface area contributed by atoms with Crippen LogP contribution in [0, 0.1) is 0 Å². The molecule has 0 saturated heterocycles. The van der Waals surface area contributed by atoms with Crippen molar-refractivity contribution in [1.29, 1.82) is 0 Å². The zero-order chi connectivity index (χ0) is 49.2. The summed E-state index contributed by atoms with van der Waals surface area (Å²) < 4.78 is 10.7. The lowest BCUT2D eigenvalue weighted by Gasteiger charge is -2.15. The van der Waals surface area contributed by atoms with Gasteiger partial charge in [-0.05, 0) is 103 Å². The van der Waals surface area contributed by atoms with E-state index in [4.69, 9.17) is 9.47 Å². The van der Waals surface area contributed by atoms with Gasteiger partial charge in [-0.1, -0.05) is 252 Å².